The van der Waals surface area contributed by atoms with Crippen LogP contribution >= 0.6 is 0 Å². The summed E-state index contributed by atoms with van der Waals surface area (Å²) in [5.41, 5.74) is 0.279. The van der Waals surface area contributed by atoms with E-state index in [9.17, 15) is 66.4 Å². The Bertz CT molecular complexity index is 1870. The zero-order valence-electron chi connectivity index (χ0n) is 42.7. The van der Waals surface area contributed by atoms with Crippen LogP contribution in [0, 0.1) is 52.3 Å². The second kappa shape index (κ2) is 21.9. The van der Waals surface area contributed by atoms with E-state index in [0.29, 0.717) is 47.8 Å². The summed E-state index contributed by atoms with van der Waals surface area (Å²) < 4.78 is 60.8. The predicted octanol–water partition coefficient (Wildman–Crippen LogP) is -2.91. The van der Waals surface area contributed by atoms with E-state index in [1.165, 1.54) is 0 Å². The minimum absolute atomic E-state index is 0.0837. The number of hydrogen-bond acceptors (Lipinski definition) is 23. The molecule has 23 nitrogen and oxygen atoms in total. The Kier molecular flexibility index (Phi) is 16.6. The van der Waals surface area contributed by atoms with Gasteiger partial charge in [-0.1, -0.05) is 27.7 Å². The van der Waals surface area contributed by atoms with E-state index >= 15 is 0 Å². The highest BCUT2D eigenvalue weighted by Gasteiger charge is 2.69. The first-order valence-electron chi connectivity index (χ1n) is 27.3. The van der Waals surface area contributed by atoms with Crippen LogP contribution in [0.15, 0.2) is 0 Å². The van der Waals surface area contributed by atoms with Crippen molar-refractivity contribution >= 4 is 0 Å². The highest BCUT2D eigenvalue weighted by molar-refractivity contribution is 5.15. The SMILES string of the molecule is CC1CCC2(OC1)OC1CC3C4CCC5CC(OC6OC(CO)C(OC7OC(COC8OC(CO)C(O)C(O)C8O)C(O)C(O)C7OC7OC(CO)C(O)C(O)C7O)C(O)C6O)CCC5(C)C4CCC3(C)C1C2C. The Hall–Kier alpha value is -0.920. The lowest BCUT2D eigenvalue weighted by atomic mass is 9.44. The van der Waals surface area contributed by atoms with E-state index in [0.717, 1.165) is 64.4 Å². The van der Waals surface area contributed by atoms with Gasteiger partial charge in [0.15, 0.2) is 30.9 Å². The van der Waals surface area contributed by atoms with Gasteiger partial charge in [0, 0.05) is 12.3 Å². The van der Waals surface area contributed by atoms with Gasteiger partial charge in [-0.2, -0.15) is 0 Å². The third kappa shape index (κ3) is 9.66. The monoisotopic (exact) mass is 1060 g/mol. The van der Waals surface area contributed by atoms with Crippen molar-refractivity contribution in [2.24, 2.45) is 52.3 Å². The Morgan fingerprint density at radius 1 is 0.500 bits per heavy atom. The molecule has 74 heavy (non-hydrogen) atoms. The Morgan fingerprint density at radius 3 is 1.73 bits per heavy atom. The molecule has 4 saturated carbocycles. The zero-order chi connectivity index (χ0) is 52.9. The van der Waals surface area contributed by atoms with Crippen molar-refractivity contribution in [2.45, 2.75) is 233 Å². The zero-order valence-corrected chi connectivity index (χ0v) is 42.7. The summed E-state index contributed by atoms with van der Waals surface area (Å²) in [7, 11) is 0. The van der Waals surface area contributed by atoms with E-state index in [-0.39, 0.29) is 23.0 Å². The van der Waals surface area contributed by atoms with E-state index in [2.05, 4.69) is 27.7 Å². The molecule has 0 aromatic rings. The maximum Gasteiger partial charge on any atom is 0.187 e. The molecule has 6 saturated heterocycles. The summed E-state index contributed by atoms with van der Waals surface area (Å²) in [5, 5.41) is 139. The van der Waals surface area contributed by atoms with Crippen LogP contribution in [-0.4, -0.2) is 240 Å². The van der Waals surface area contributed by atoms with Gasteiger partial charge in [0.25, 0.3) is 0 Å². The molecular formula is C51H84O23. The molecule has 0 aromatic carbocycles. The molecule has 23 heteroatoms. The van der Waals surface area contributed by atoms with E-state index < -0.39 is 155 Å². The smallest absolute Gasteiger partial charge is 0.187 e. The minimum Gasteiger partial charge on any atom is -0.394 e. The highest BCUT2D eigenvalue weighted by Crippen LogP contribution is 2.71. The maximum atomic E-state index is 11.8. The van der Waals surface area contributed by atoms with E-state index in [1.54, 1.807) is 0 Å². The largest absolute Gasteiger partial charge is 0.394 e. The molecular weight excluding hydrogens is 981 g/mol. The van der Waals surface area contributed by atoms with Gasteiger partial charge in [-0.3, -0.25) is 0 Å². The van der Waals surface area contributed by atoms with Crippen LogP contribution in [0.4, 0.5) is 0 Å². The molecule has 6 heterocycles. The summed E-state index contributed by atoms with van der Waals surface area (Å²) in [4.78, 5) is 0. The Morgan fingerprint density at radius 2 is 1.07 bits per heavy atom. The van der Waals surface area contributed by atoms with Gasteiger partial charge in [0.1, 0.15) is 97.7 Å². The van der Waals surface area contributed by atoms with E-state index in [1.807, 2.05) is 0 Å². The molecule has 4 aliphatic carbocycles. The lowest BCUT2D eigenvalue weighted by Crippen LogP contribution is -2.67. The van der Waals surface area contributed by atoms with Gasteiger partial charge in [0.05, 0.1) is 45.2 Å². The van der Waals surface area contributed by atoms with E-state index in [4.69, 9.17) is 47.4 Å². The molecule has 6 aliphatic heterocycles. The molecule has 426 valence electrons. The number of aliphatic hydroxyl groups excluding tert-OH is 13. The van der Waals surface area contributed by atoms with Gasteiger partial charge < -0.3 is 114 Å². The predicted molar refractivity (Wildman–Crippen MR) is 248 cm³/mol. The van der Waals surface area contributed by atoms with Crippen LogP contribution in [0.25, 0.3) is 0 Å². The first-order valence-corrected chi connectivity index (χ1v) is 27.3. The number of aliphatic hydroxyl groups is 13. The average molecular weight is 1070 g/mol. The molecule has 13 N–H and O–H groups in total. The van der Waals surface area contributed by atoms with Gasteiger partial charge in [-0.05, 0) is 104 Å². The minimum atomic E-state index is -2.03. The quantitative estimate of drug-likeness (QED) is 0.0872. The molecule has 0 amide bonds. The van der Waals surface area contributed by atoms with Crippen molar-refractivity contribution in [3.8, 4) is 0 Å². The molecule has 32 atom stereocenters. The second-order valence-electron chi connectivity index (χ2n) is 24.4. The van der Waals surface area contributed by atoms with Gasteiger partial charge in [-0.15, -0.1) is 0 Å². The maximum absolute atomic E-state index is 11.8. The Balaban J connectivity index is 0.797. The molecule has 10 aliphatic rings. The molecule has 0 aromatic heterocycles. The normalized spacial score (nSPS) is 57.6. The number of ether oxygens (including phenoxy) is 10. The number of rotatable bonds is 12. The highest BCUT2D eigenvalue weighted by atomic mass is 16.8. The summed E-state index contributed by atoms with van der Waals surface area (Å²) in [6.07, 6.45) is -24.9. The average Bonchev–Trinajstić information content (AvgIpc) is 3.84. The molecule has 10 fully saturated rings. The van der Waals surface area contributed by atoms with Gasteiger partial charge in [-0.25, -0.2) is 0 Å². The summed E-state index contributed by atoms with van der Waals surface area (Å²) in [5.74, 6) is 3.02. The summed E-state index contributed by atoms with van der Waals surface area (Å²) in [6, 6.07) is 0. The van der Waals surface area contributed by atoms with Crippen LogP contribution in [0.3, 0.4) is 0 Å². The summed E-state index contributed by atoms with van der Waals surface area (Å²) >= 11 is 0. The fourth-order valence-corrected chi connectivity index (χ4v) is 16.1. The fourth-order valence-electron chi connectivity index (χ4n) is 16.1. The van der Waals surface area contributed by atoms with Gasteiger partial charge >= 0.3 is 0 Å². The number of hydrogen-bond donors (Lipinski definition) is 13. The summed E-state index contributed by atoms with van der Waals surface area (Å²) in [6.45, 7) is 7.30. The van der Waals surface area contributed by atoms with Crippen molar-refractivity contribution in [1.29, 1.82) is 0 Å². The van der Waals surface area contributed by atoms with Crippen molar-refractivity contribution in [3.05, 3.63) is 0 Å². The van der Waals surface area contributed by atoms with Crippen LogP contribution in [0.5, 0.6) is 0 Å². The molecule has 0 bridgehead atoms. The second-order valence-corrected chi connectivity index (χ2v) is 24.4. The third-order valence-corrected chi connectivity index (χ3v) is 20.4. The lowest BCUT2D eigenvalue weighted by Gasteiger charge is -2.61. The molecule has 10 rings (SSSR count). The van der Waals surface area contributed by atoms with Crippen molar-refractivity contribution in [2.75, 3.05) is 33.0 Å². The van der Waals surface area contributed by atoms with Crippen LogP contribution in [-0.2, 0) is 47.4 Å². The van der Waals surface area contributed by atoms with Crippen molar-refractivity contribution in [3.63, 3.8) is 0 Å². The topological polar surface area (TPSA) is 355 Å². The van der Waals surface area contributed by atoms with Crippen LogP contribution in [0.2, 0.25) is 0 Å². The lowest BCUT2D eigenvalue weighted by molar-refractivity contribution is -0.393. The first-order chi connectivity index (χ1) is 35.2. The van der Waals surface area contributed by atoms with Gasteiger partial charge in [0.2, 0.25) is 0 Å². The first kappa shape index (κ1) is 56.4. The third-order valence-electron chi connectivity index (χ3n) is 20.4. The fraction of sp³-hybridized carbons (Fsp3) is 1.00. The molecule has 1 spiro atoms. The van der Waals surface area contributed by atoms with Crippen LogP contribution in [0.1, 0.15) is 91.9 Å². The van der Waals surface area contributed by atoms with Crippen molar-refractivity contribution < 1.29 is 114 Å². The molecule has 32 unspecified atom stereocenters. The van der Waals surface area contributed by atoms with Crippen molar-refractivity contribution in [1.82, 2.24) is 0 Å². The Labute approximate surface area is 430 Å². The standard InChI is InChI=1S/C51H84O23/c1-20-7-12-51(66-18-20)21(2)32-27(74-51)14-26-24-6-5-22-13-23(8-10-49(22,3)25(24)9-11-50(26,32)4)67-46-42(64)39(61)43(30(17-54)70-46)72-48-44(73-47-41(63)37(59)34(56)29(16-53)69-47)38(60)35(57)31(71-48)19-65-45-40(62)36(58)33(55)28(15-52)68-45/h20-48,52-64H,5-19H2,1-4H3. The number of fused-ring (bicyclic) bond motifs is 7. The molecule has 0 radical (unpaired) electrons. The van der Waals surface area contributed by atoms with Crippen LogP contribution < -0.4 is 0 Å².